The Bertz CT molecular complexity index is 482. The summed E-state index contributed by atoms with van der Waals surface area (Å²) in [6.45, 7) is 11.7. The summed E-state index contributed by atoms with van der Waals surface area (Å²) in [5.41, 5.74) is 0.193. The van der Waals surface area contributed by atoms with E-state index in [4.69, 9.17) is 19.2 Å². The van der Waals surface area contributed by atoms with Gasteiger partial charge < -0.3 is 24.4 Å². The van der Waals surface area contributed by atoms with Crippen LogP contribution in [0.25, 0.3) is 0 Å². The molecule has 168 valence electrons. The van der Waals surface area contributed by atoms with Crippen LogP contribution in [0.4, 0.5) is 0 Å². The first-order valence-corrected chi connectivity index (χ1v) is 11.7. The number of aliphatic imine (C=N–C) groups is 1. The largest absolute Gasteiger partial charge is 0.385 e. The third-order valence-corrected chi connectivity index (χ3v) is 6.65. The fourth-order valence-electron chi connectivity index (χ4n) is 4.85. The lowest BCUT2D eigenvalue weighted by Gasteiger charge is -2.44. The maximum atomic E-state index is 6.02. The average molecular weight is 411 g/mol. The lowest BCUT2D eigenvalue weighted by atomic mass is 9.88. The van der Waals surface area contributed by atoms with E-state index < -0.39 is 0 Å². The number of guanidine groups is 1. The first-order valence-electron chi connectivity index (χ1n) is 11.7. The summed E-state index contributed by atoms with van der Waals surface area (Å²) in [6, 6.07) is 0. The molecule has 0 spiro atoms. The number of nitrogens with zero attached hydrogens (tertiary/aromatic N) is 3. The van der Waals surface area contributed by atoms with E-state index in [2.05, 4.69) is 22.0 Å². The summed E-state index contributed by atoms with van der Waals surface area (Å²) in [7, 11) is 1.74. The van der Waals surface area contributed by atoms with E-state index >= 15 is 0 Å². The maximum Gasteiger partial charge on any atom is 0.193 e. The molecule has 1 N–H and O–H groups in total. The summed E-state index contributed by atoms with van der Waals surface area (Å²) < 4.78 is 16.8. The second-order valence-electron chi connectivity index (χ2n) is 8.60. The highest BCUT2D eigenvalue weighted by molar-refractivity contribution is 5.80. The minimum atomic E-state index is 0.193. The average Bonchev–Trinajstić information content (AvgIpc) is 3.31. The highest BCUT2D eigenvalue weighted by Gasteiger charge is 2.39. The van der Waals surface area contributed by atoms with Crippen molar-refractivity contribution >= 4 is 5.96 Å². The van der Waals surface area contributed by atoms with Gasteiger partial charge in [-0.3, -0.25) is 9.89 Å². The summed E-state index contributed by atoms with van der Waals surface area (Å²) in [5.74, 6) is 1.08. The molecule has 0 aromatic rings. The van der Waals surface area contributed by atoms with Crippen molar-refractivity contribution in [2.45, 2.75) is 63.5 Å². The van der Waals surface area contributed by atoms with Crippen LogP contribution in [0.1, 0.15) is 51.9 Å². The Morgan fingerprint density at radius 3 is 2.48 bits per heavy atom. The number of hydrogen-bond acceptors (Lipinski definition) is 5. The van der Waals surface area contributed by atoms with Gasteiger partial charge >= 0.3 is 0 Å². The van der Waals surface area contributed by atoms with Gasteiger partial charge in [-0.15, -0.1) is 0 Å². The van der Waals surface area contributed by atoms with Crippen LogP contribution < -0.4 is 5.32 Å². The molecule has 3 aliphatic rings. The molecule has 3 rings (SSSR count). The topological polar surface area (TPSA) is 58.6 Å². The van der Waals surface area contributed by atoms with Crippen LogP contribution in [-0.2, 0) is 14.2 Å². The second-order valence-corrected chi connectivity index (χ2v) is 8.60. The molecular formula is C22H42N4O3. The van der Waals surface area contributed by atoms with E-state index in [1.807, 2.05) is 0 Å². The molecule has 0 saturated carbocycles. The van der Waals surface area contributed by atoms with Crippen molar-refractivity contribution < 1.29 is 14.2 Å². The van der Waals surface area contributed by atoms with E-state index in [9.17, 15) is 0 Å². The molecule has 7 heteroatoms. The highest BCUT2D eigenvalue weighted by Crippen LogP contribution is 2.31. The van der Waals surface area contributed by atoms with Gasteiger partial charge in [-0.05, 0) is 65.0 Å². The van der Waals surface area contributed by atoms with Gasteiger partial charge in [0.2, 0.25) is 0 Å². The summed E-state index contributed by atoms with van der Waals surface area (Å²) >= 11 is 0. The molecule has 0 atom stereocenters. The van der Waals surface area contributed by atoms with E-state index in [0.29, 0.717) is 6.10 Å². The third-order valence-electron chi connectivity index (χ3n) is 6.65. The molecule has 0 aliphatic carbocycles. The Morgan fingerprint density at radius 1 is 1.10 bits per heavy atom. The van der Waals surface area contributed by atoms with Gasteiger partial charge in [-0.25, -0.2) is 0 Å². The van der Waals surface area contributed by atoms with Crippen LogP contribution in [-0.4, -0.2) is 100 Å². The van der Waals surface area contributed by atoms with Crippen molar-refractivity contribution in [3.05, 3.63) is 0 Å². The number of nitrogens with one attached hydrogen (secondary N) is 1. The standard InChI is InChI=1S/C22H42N4O3/c1-3-23-21(25-13-7-20(8-14-25)29-16-6-15-27-2)24-19-22(9-17-28-18-10-22)26-11-4-5-12-26/h20H,3-19H2,1-2H3,(H,23,24). The molecule has 3 fully saturated rings. The molecule has 0 aromatic carbocycles. The van der Waals surface area contributed by atoms with Gasteiger partial charge in [0.15, 0.2) is 5.96 Å². The Morgan fingerprint density at radius 2 is 1.83 bits per heavy atom. The molecule has 0 aromatic heterocycles. The van der Waals surface area contributed by atoms with Crippen LogP contribution in [0, 0.1) is 0 Å². The SMILES string of the molecule is CCNC(=NCC1(N2CCCC2)CCOCC1)N1CCC(OCCCOC)CC1. The Labute approximate surface area is 177 Å². The molecule has 0 radical (unpaired) electrons. The molecular weight excluding hydrogens is 368 g/mol. The molecule has 0 bridgehead atoms. The van der Waals surface area contributed by atoms with Crippen molar-refractivity contribution in [3.8, 4) is 0 Å². The predicted octanol–water partition coefficient (Wildman–Crippen LogP) is 2.11. The summed E-state index contributed by atoms with van der Waals surface area (Å²) in [6.07, 6.45) is 8.35. The van der Waals surface area contributed by atoms with E-state index in [1.165, 1.54) is 25.9 Å². The minimum absolute atomic E-state index is 0.193. The molecule has 3 aliphatic heterocycles. The number of likely N-dealkylation sites (tertiary alicyclic amines) is 2. The van der Waals surface area contributed by atoms with Crippen LogP contribution >= 0.6 is 0 Å². The Kier molecular flexibility index (Phi) is 9.49. The van der Waals surface area contributed by atoms with Crippen LogP contribution in [0.15, 0.2) is 4.99 Å². The van der Waals surface area contributed by atoms with Crippen molar-refractivity contribution in [3.63, 3.8) is 0 Å². The fourth-order valence-corrected chi connectivity index (χ4v) is 4.85. The zero-order valence-corrected chi connectivity index (χ0v) is 18.7. The van der Waals surface area contributed by atoms with Crippen LogP contribution in [0.2, 0.25) is 0 Å². The molecule has 0 amide bonds. The quantitative estimate of drug-likeness (QED) is 0.357. The maximum absolute atomic E-state index is 6.02. The first-order chi connectivity index (χ1) is 14.3. The highest BCUT2D eigenvalue weighted by atomic mass is 16.5. The predicted molar refractivity (Wildman–Crippen MR) is 117 cm³/mol. The van der Waals surface area contributed by atoms with E-state index in [0.717, 1.165) is 90.7 Å². The molecule has 29 heavy (non-hydrogen) atoms. The smallest absolute Gasteiger partial charge is 0.193 e. The first kappa shape index (κ1) is 22.8. The van der Waals surface area contributed by atoms with Gasteiger partial charge in [-0.1, -0.05) is 0 Å². The number of ether oxygens (including phenoxy) is 3. The van der Waals surface area contributed by atoms with E-state index in [-0.39, 0.29) is 5.54 Å². The van der Waals surface area contributed by atoms with Gasteiger partial charge in [0, 0.05) is 58.7 Å². The van der Waals surface area contributed by atoms with Crippen LogP contribution in [0.3, 0.4) is 0 Å². The Hall–Kier alpha value is -0.890. The molecule has 3 saturated heterocycles. The zero-order chi connectivity index (χ0) is 20.4. The third kappa shape index (κ3) is 6.54. The molecule has 3 heterocycles. The van der Waals surface area contributed by atoms with Gasteiger partial charge in [0.25, 0.3) is 0 Å². The number of hydrogen-bond donors (Lipinski definition) is 1. The second kappa shape index (κ2) is 12.1. The van der Waals surface area contributed by atoms with Gasteiger partial charge in [-0.2, -0.15) is 0 Å². The number of rotatable bonds is 9. The number of piperidine rings is 1. The summed E-state index contributed by atoms with van der Waals surface area (Å²) in [5, 5.41) is 3.54. The summed E-state index contributed by atoms with van der Waals surface area (Å²) in [4.78, 5) is 10.3. The normalized spacial score (nSPS) is 24.2. The van der Waals surface area contributed by atoms with Crippen molar-refractivity contribution in [2.75, 3.05) is 72.8 Å². The van der Waals surface area contributed by atoms with Crippen molar-refractivity contribution in [1.29, 1.82) is 0 Å². The zero-order valence-electron chi connectivity index (χ0n) is 18.7. The van der Waals surface area contributed by atoms with Gasteiger partial charge in [0.05, 0.1) is 12.6 Å². The van der Waals surface area contributed by atoms with Crippen molar-refractivity contribution in [1.82, 2.24) is 15.1 Å². The Balaban J connectivity index is 1.55. The number of methoxy groups -OCH3 is 1. The lowest BCUT2D eigenvalue weighted by molar-refractivity contribution is -0.0142. The monoisotopic (exact) mass is 410 g/mol. The van der Waals surface area contributed by atoms with Crippen LogP contribution in [0.5, 0.6) is 0 Å². The lowest BCUT2D eigenvalue weighted by Crippen LogP contribution is -2.54. The minimum Gasteiger partial charge on any atom is -0.385 e. The fraction of sp³-hybridized carbons (Fsp3) is 0.955. The molecule has 7 nitrogen and oxygen atoms in total. The van der Waals surface area contributed by atoms with Crippen molar-refractivity contribution in [2.24, 2.45) is 4.99 Å². The van der Waals surface area contributed by atoms with E-state index in [1.54, 1.807) is 7.11 Å². The molecule has 0 unspecified atom stereocenters. The van der Waals surface area contributed by atoms with Gasteiger partial charge in [0.1, 0.15) is 0 Å².